The second-order valence-corrected chi connectivity index (χ2v) is 10.4. The molecule has 0 radical (unpaired) electrons. The van der Waals surface area contributed by atoms with Crippen LogP contribution in [0, 0.1) is 11.8 Å². The molecule has 3 N–H and O–H groups in total. The van der Waals surface area contributed by atoms with Gasteiger partial charge >= 0.3 is 12.0 Å². The lowest BCUT2D eigenvalue weighted by molar-refractivity contribution is -0.129. The molecule has 1 unspecified atom stereocenters. The number of carbonyl (C=O) groups excluding carboxylic acids is 4. The second kappa shape index (κ2) is 13.5. The van der Waals surface area contributed by atoms with E-state index >= 15 is 8.78 Å². The van der Waals surface area contributed by atoms with Crippen LogP contribution in [0.5, 0.6) is 0 Å². The number of carbonyl (C=O) groups is 4. The molecule has 0 bridgehead atoms. The van der Waals surface area contributed by atoms with Gasteiger partial charge in [-0.05, 0) is 42.9 Å². The molecule has 11 heteroatoms. The average Bonchev–Trinajstić information content (AvgIpc) is 3.30. The third-order valence-corrected chi connectivity index (χ3v) is 6.61. The lowest BCUT2D eigenvalue weighted by Crippen LogP contribution is -2.51. The van der Waals surface area contributed by atoms with Crippen molar-refractivity contribution in [2.45, 2.75) is 57.2 Å². The Kier molecular flexibility index (Phi) is 10.4. The number of ether oxygens (including phenoxy) is 1. The highest BCUT2D eigenvalue weighted by molar-refractivity contribution is 6.30. The van der Waals surface area contributed by atoms with Crippen molar-refractivity contribution >= 4 is 35.8 Å². The van der Waals surface area contributed by atoms with E-state index in [4.69, 9.17) is 16.3 Å². The minimum absolute atomic E-state index is 0.0401. The van der Waals surface area contributed by atoms with Crippen molar-refractivity contribution < 1.29 is 32.7 Å². The van der Waals surface area contributed by atoms with E-state index in [1.165, 1.54) is 42.5 Å². The molecule has 1 fully saturated rings. The lowest BCUT2D eigenvalue weighted by Gasteiger charge is -2.29. The molecule has 1 saturated heterocycles. The van der Waals surface area contributed by atoms with E-state index in [-0.39, 0.29) is 35.3 Å². The van der Waals surface area contributed by atoms with E-state index < -0.39 is 47.6 Å². The third kappa shape index (κ3) is 8.23. The summed E-state index contributed by atoms with van der Waals surface area (Å²) in [6.07, 6.45) is -1.92. The van der Waals surface area contributed by atoms with Crippen LogP contribution in [-0.4, -0.2) is 42.8 Å². The maximum Gasteiger partial charge on any atom is 0.408 e. The maximum atomic E-state index is 15.7. The Bertz CT molecular complexity index is 1160. The molecule has 4 atom stereocenters. The van der Waals surface area contributed by atoms with E-state index in [1.54, 1.807) is 6.07 Å². The van der Waals surface area contributed by atoms with Crippen LogP contribution >= 0.6 is 11.6 Å². The van der Waals surface area contributed by atoms with Gasteiger partial charge in [-0.3, -0.25) is 9.59 Å². The van der Waals surface area contributed by atoms with E-state index in [1.807, 2.05) is 13.8 Å². The SMILES string of the molecule is CC(C)C[C@H](NC(=O)OC(c1ccccc1)C(F)(F)c1cccc(Cl)c1)C(=O)N[C@H](C=O)C[C@@H]1CCNC1=O. The van der Waals surface area contributed by atoms with Gasteiger partial charge < -0.3 is 25.5 Å². The summed E-state index contributed by atoms with van der Waals surface area (Å²) in [7, 11) is 0. The summed E-state index contributed by atoms with van der Waals surface area (Å²) >= 11 is 5.93. The highest BCUT2D eigenvalue weighted by atomic mass is 35.5. The predicted molar refractivity (Wildman–Crippen MR) is 141 cm³/mol. The van der Waals surface area contributed by atoms with Gasteiger partial charge in [-0.25, -0.2) is 4.79 Å². The molecule has 39 heavy (non-hydrogen) atoms. The van der Waals surface area contributed by atoms with Gasteiger partial charge in [0.05, 0.1) is 6.04 Å². The number of aldehydes is 1. The predicted octanol–water partition coefficient (Wildman–Crippen LogP) is 4.52. The number of hydrogen-bond donors (Lipinski definition) is 3. The molecule has 0 aliphatic carbocycles. The van der Waals surface area contributed by atoms with Crippen LogP contribution in [0.1, 0.15) is 50.3 Å². The van der Waals surface area contributed by atoms with Crippen molar-refractivity contribution in [1.29, 1.82) is 0 Å². The molecule has 0 aromatic heterocycles. The molecule has 0 spiro atoms. The molecular formula is C28H32ClF2N3O5. The van der Waals surface area contributed by atoms with Gasteiger partial charge in [0.15, 0.2) is 6.10 Å². The van der Waals surface area contributed by atoms with Crippen molar-refractivity contribution in [3.05, 3.63) is 70.7 Å². The molecule has 3 amide bonds. The molecule has 1 aliphatic rings. The summed E-state index contributed by atoms with van der Waals surface area (Å²) in [5, 5.41) is 7.71. The molecule has 1 aliphatic heterocycles. The van der Waals surface area contributed by atoms with Crippen molar-refractivity contribution in [3.63, 3.8) is 0 Å². The summed E-state index contributed by atoms with van der Waals surface area (Å²) in [4.78, 5) is 49.5. The molecule has 2 aromatic carbocycles. The topological polar surface area (TPSA) is 114 Å². The van der Waals surface area contributed by atoms with E-state index in [2.05, 4.69) is 16.0 Å². The average molecular weight is 564 g/mol. The highest BCUT2D eigenvalue weighted by Crippen LogP contribution is 2.43. The summed E-state index contributed by atoms with van der Waals surface area (Å²) in [5.41, 5.74) is -0.406. The standard InChI is InChI=1S/C28H32ClF2N3O5/c1-17(2)13-23(26(37)33-22(16-35)14-19-11-12-32-25(19)36)34-27(38)39-24(18-7-4-3-5-8-18)28(30,31)20-9-6-10-21(29)15-20/h3-10,15-17,19,22-24H,11-14H2,1-2H3,(H,32,36)(H,33,37)(H,34,38)/t19-,22-,23-,24?/m0/s1. The fraction of sp³-hybridized carbons (Fsp3) is 0.429. The zero-order valence-corrected chi connectivity index (χ0v) is 22.4. The number of hydrogen-bond acceptors (Lipinski definition) is 5. The summed E-state index contributed by atoms with van der Waals surface area (Å²) in [5.74, 6) is -5.03. The van der Waals surface area contributed by atoms with Crippen LogP contribution in [0.25, 0.3) is 0 Å². The highest BCUT2D eigenvalue weighted by Gasteiger charge is 2.46. The van der Waals surface area contributed by atoms with Crippen LogP contribution in [0.4, 0.5) is 13.6 Å². The fourth-order valence-electron chi connectivity index (χ4n) is 4.42. The zero-order valence-electron chi connectivity index (χ0n) is 21.7. The fourth-order valence-corrected chi connectivity index (χ4v) is 4.61. The third-order valence-electron chi connectivity index (χ3n) is 6.37. The molecule has 8 nitrogen and oxygen atoms in total. The van der Waals surface area contributed by atoms with Gasteiger partial charge in [-0.15, -0.1) is 0 Å². The zero-order chi connectivity index (χ0) is 28.6. The Morgan fingerprint density at radius 3 is 2.46 bits per heavy atom. The molecule has 2 aromatic rings. The van der Waals surface area contributed by atoms with Gasteiger partial charge in [0.1, 0.15) is 12.3 Å². The first kappa shape index (κ1) is 30.0. The Hall–Kier alpha value is -3.53. The second-order valence-electron chi connectivity index (χ2n) is 9.92. The van der Waals surface area contributed by atoms with Crippen LogP contribution in [0.2, 0.25) is 5.02 Å². The maximum absolute atomic E-state index is 15.7. The minimum atomic E-state index is -3.66. The Labute approximate surface area is 230 Å². The van der Waals surface area contributed by atoms with Crippen LogP contribution in [-0.2, 0) is 25.0 Å². The number of rotatable bonds is 12. The Morgan fingerprint density at radius 2 is 1.87 bits per heavy atom. The van der Waals surface area contributed by atoms with Crippen LogP contribution < -0.4 is 16.0 Å². The summed E-state index contributed by atoms with van der Waals surface area (Å²) in [6.45, 7) is 4.12. The normalized spacial score (nSPS) is 17.6. The monoisotopic (exact) mass is 563 g/mol. The first-order chi connectivity index (χ1) is 18.5. The Balaban J connectivity index is 1.77. The number of benzene rings is 2. The number of alkyl carbamates (subject to hydrolysis) is 1. The van der Waals surface area contributed by atoms with Crippen LogP contribution in [0.3, 0.4) is 0 Å². The number of alkyl halides is 2. The van der Waals surface area contributed by atoms with Crippen molar-refractivity contribution in [2.75, 3.05) is 6.54 Å². The van der Waals surface area contributed by atoms with Crippen LogP contribution in [0.15, 0.2) is 54.6 Å². The van der Waals surface area contributed by atoms with Crippen molar-refractivity contribution in [2.24, 2.45) is 11.8 Å². The van der Waals surface area contributed by atoms with Gasteiger partial charge in [0, 0.05) is 23.0 Å². The number of halogens is 3. The number of amides is 3. The first-order valence-corrected chi connectivity index (χ1v) is 13.1. The molecule has 1 heterocycles. The van der Waals surface area contributed by atoms with E-state index in [9.17, 15) is 19.2 Å². The molecular weight excluding hydrogens is 532 g/mol. The molecule has 3 rings (SSSR count). The quantitative estimate of drug-likeness (QED) is 0.329. The number of nitrogens with one attached hydrogen (secondary N) is 3. The van der Waals surface area contributed by atoms with Gasteiger partial charge in [0.2, 0.25) is 11.8 Å². The first-order valence-electron chi connectivity index (χ1n) is 12.7. The largest absolute Gasteiger partial charge is 0.434 e. The van der Waals surface area contributed by atoms with Gasteiger partial charge in [0.25, 0.3) is 0 Å². The van der Waals surface area contributed by atoms with E-state index in [0.29, 0.717) is 19.3 Å². The molecule has 0 saturated carbocycles. The van der Waals surface area contributed by atoms with Gasteiger partial charge in [-0.1, -0.05) is 67.9 Å². The molecule has 210 valence electrons. The van der Waals surface area contributed by atoms with Crippen molar-refractivity contribution in [1.82, 2.24) is 16.0 Å². The summed E-state index contributed by atoms with van der Waals surface area (Å²) < 4.78 is 36.6. The van der Waals surface area contributed by atoms with E-state index in [0.717, 1.165) is 6.07 Å². The summed E-state index contributed by atoms with van der Waals surface area (Å²) in [6, 6.07) is 10.5. The lowest BCUT2D eigenvalue weighted by atomic mass is 9.97. The van der Waals surface area contributed by atoms with Crippen molar-refractivity contribution in [3.8, 4) is 0 Å². The van der Waals surface area contributed by atoms with Gasteiger partial charge in [-0.2, -0.15) is 8.78 Å². The minimum Gasteiger partial charge on any atom is -0.434 e. The Morgan fingerprint density at radius 1 is 1.15 bits per heavy atom. The smallest absolute Gasteiger partial charge is 0.408 e.